The van der Waals surface area contributed by atoms with Gasteiger partial charge < -0.3 is 20.1 Å². The van der Waals surface area contributed by atoms with E-state index in [1.165, 1.54) is 16.7 Å². The largest absolute Gasteiger partial charge is 0.494 e. The van der Waals surface area contributed by atoms with E-state index in [4.69, 9.17) is 27.9 Å². The number of carboxylic acids is 1. The third kappa shape index (κ3) is 7.12. The van der Waals surface area contributed by atoms with Gasteiger partial charge in [0, 0.05) is 31.3 Å². The van der Waals surface area contributed by atoms with Crippen LogP contribution < -0.4 is 4.74 Å². The molecule has 1 unspecified atom stereocenters. The fraction of sp³-hybridized carbons (Fsp3) is 0.393. The summed E-state index contributed by atoms with van der Waals surface area (Å²) in [5.74, 6) is 0.419. The molecule has 1 aliphatic carbocycles. The molecule has 1 saturated carbocycles. The van der Waals surface area contributed by atoms with Crippen LogP contribution in [0.25, 0.3) is 0 Å². The second kappa shape index (κ2) is 12.1. The average Bonchev–Trinajstić information content (AvgIpc) is 3.63. The van der Waals surface area contributed by atoms with E-state index in [0.29, 0.717) is 29.1 Å². The minimum absolute atomic E-state index is 0.0131. The molecule has 0 spiro atoms. The summed E-state index contributed by atoms with van der Waals surface area (Å²) in [6.45, 7) is 4.05. The molecule has 1 fully saturated rings. The van der Waals surface area contributed by atoms with Crippen molar-refractivity contribution < 1.29 is 24.9 Å². The fourth-order valence-corrected chi connectivity index (χ4v) is 4.89. The first kappa shape index (κ1) is 27.2. The number of aryl methyl sites for hydroxylation is 1. The van der Waals surface area contributed by atoms with Crippen molar-refractivity contribution >= 4 is 29.2 Å². The van der Waals surface area contributed by atoms with Crippen molar-refractivity contribution in [3.63, 3.8) is 0 Å². The Hall–Kier alpha value is -2.87. The molecule has 37 heavy (non-hydrogen) atoms. The maximum atomic E-state index is 11.8. The summed E-state index contributed by atoms with van der Waals surface area (Å²) in [6, 6.07) is 13.9. The molecule has 7 nitrogen and oxygen atoms in total. The first-order valence-corrected chi connectivity index (χ1v) is 13.2. The molecule has 0 radical (unpaired) electrons. The predicted molar refractivity (Wildman–Crippen MR) is 144 cm³/mol. The Morgan fingerprint density at radius 3 is 2.43 bits per heavy atom. The number of rotatable bonds is 13. The number of ether oxygens (including phenoxy) is 1. The first-order valence-electron chi connectivity index (χ1n) is 12.5. The molecule has 4 rings (SSSR count). The zero-order valence-corrected chi connectivity index (χ0v) is 22.3. The van der Waals surface area contributed by atoms with Crippen LogP contribution in [0.4, 0.5) is 0 Å². The maximum absolute atomic E-state index is 11.8. The zero-order chi connectivity index (χ0) is 26.5. The number of nitrogens with zero attached hydrogens (tertiary/aromatic N) is 2. The van der Waals surface area contributed by atoms with Crippen LogP contribution in [0, 0.1) is 5.92 Å². The van der Waals surface area contributed by atoms with Gasteiger partial charge in [-0.3, -0.25) is 14.3 Å². The lowest BCUT2D eigenvalue weighted by atomic mass is 9.99. The molecule has 1 heterocycles. The lowest BCUT2D eigenvalue weighted by Gasteiger charge is -2.32. The Morgan fingerprint density at radius 1 is 1.08 bits per heavy atom. The predicted octanol–water partition coefficient (Wildman–Crippen LogP) is 6.28. The van der Waals surface area contributed by atoms with Crippen molar-refractivity contribution in [3.05, 3.63) is 75.3 Å². The summed E-state index contributed by atoms with van der Waals surface area (Å²) in [5.41, 5.74) is 2.94. The highest BCUT2D eigenvalue weighted by molar-refractivity contribution is 6.42. The molecule has 2 aromatic carbocycles. The minimum Gasteiger partial charge on any atom is -0.494 e. The molecule has 0 aliphatic heterocycles. The van der Waals surface area contributed by atoms with Gasteiger partial charge in [-0.1, -0.05) is 48.3 Å². The second-order valence-electron chi connectivity index (χ2n) is 9.51. The van der Waals surface area contributed by atoms with Gasteiger partial charge in [-0.2, -0.15) is 0 Å². The van der Waals surface area contributed by atoms with Crippen molar-refractivity contribution in [2.45, 2.75) is 51.7 Å². The van der Waals surface area contributed by atoms with Crippen LogP contribution in [-0.4, -0.2) is 43.9 Å². The van der Waals surface area contributed by atoms with E-state index < -0.39 is 5.97 Å². The molecule has 1 atom stereocenters. The van der Waals surface area contributed by atoms with Crippen LogP contribution in [0.2, 0.25) is 10.0 Å². The molecule has 3 N–H and O–H groups in total. The van der Waals surface area contributed by atoms with Crippen LogP contribution in [0.15, 0.2) is 48.5 Å². The number of hydrogen-bond donors (Lipinski definition) is 3. The van der Waals surface area contributed by atoms with Gasteiger partial charge in [-0.25, -0.2) is 0 Å². The molecule has 9 heteroatoms. The molecular formula is C28H32Cl2N2O5. The Morgan fingerprint density at radius 2 is 1.81 bits per heavy atom. The van der Waals surface area contributed by atoms with Crippen molar-refractivity contribution in [2.75, 3.05) is 13.2 Å². The number of carbonyl (C=O) groups is 1. The molecule has 0 saturated heterocycles. The number of carboxylic acid groups (broad SMARTS) is 1. The van der Waals surface area contributed by atoms with E-state index in [1.807, 2.05) is 18.2 Å². The molecule has 198 valence electrons. The first-order chi connectivity index (χ1) is 17.7. The summed E-state index contributed by atoms with van der Waals surface area (Å²) in [5, 5.41) is 30.2. The van der Waals surface area contributed by atoms with E-state index in [9.17, 15) is 20.1 Å². The molecule has 0 bridgehead atoms. The summed E-state index contributed by atoms with van der Waals surface area (Å²) in [7, 11) is 0. The van der Waals surface area contributed by atoms with E-state index in [1.54, 1.807) is 12.1 Å². The Labute approximate surface area is 226 Å². The molecule has 3 aromatic rings. The standard InChI is InChI=1S/C28H32Cl2N2O5/c1-2-20-13-19(5-8-25(20)37-12-11-32-26(33)9-10-27(32)34)17-31(16-18-3-4-18)24(15-28(35)36)21-6-7-22(29)23(30)14-21/h5-10,13-14,18,24,33-34H,2-4,11-12,15-17H2,1H3,(H,35,36). The van der Waals surface area contributed by atoms with E-state index in [2.05, 4.69) is 17.9 Å². The molecular weight excluding hydrogens is 515 g/mol. The summed E-state index contributed by atoms with van der Waals surface area (Å²) >= 11 is 12.4. The Bertz CT molecular complexity index is 1220. The molecule has 1 aromatic heterocycles. The SMILES string of the molecule is CCc1cc(CN(CC2CC2)C(CC(=O)O)c2ccc(Cl)c(Cl)c2)ccc1OCCn1c(O)ccc1O. The number of aromatic hydroxyl groups is 2. The summed E-state index contributed by atoms with van der Waals surface area (Å²) < 4.78 is 7.35. The molecule has 0 amide bonds. The third-order valence-electron chi connectivity index (χ3n) is 6.73. The number of halogens is 2. The quantitative estimate of drug-likeness (QED) is 0.233. The van der Waals surface area contributed by atoms with E-state index in [0.717, 1.165) is 48.2 Å². The number of aliphatic carboxylic acids is 1. The van der Waals surface area contributed by atoms with Crippen LogP contribution in [0.1, 0.15) is 48.9 Å². The topological polar surface area (TPSA) is 95.2 Å². The van der Waals surface area contributed by atoms with Gasteiger partial charge in [0.15, 0.2) is 11.8 Å². The smallest absolute Gasteiger partial charge is 0.305 e. The number of hydrogen-bond acceptors (Lipinski definition) is 5. The van der Waals surface area contributed by atoms with Gasteiger partial charge >= 0.3 is 5.97 Å². The van der Waals surface area contributed by atoms with Crippen LogP contribution in [0.5, 0.6) is 17.5 Å². The van der Waals surface area contributed by atoms with Gasteiger partial charge in [-0.05, 0) is 60.1 Å². The van der Waals surface area contributed by atoms with Gasteiger partial charge in [0.05, 0.1) is 23.0 Å². The summed E-state index contributed by atoms with van der Waals surface area (Å²) in [4.78, 5) is 14.1. The Balaban J connectivity index is 1.52. The van der Waals surface area contributed by atoms with Crippen molar-refractivity contribution in [3.8, 4) is 17.5 Å². The van der Waals surface area contributed by atoms with Crippen LogP contribution >= 0.6 is 23.2 Å². The number of aromatic nitrogens is 1. The average molecular weight is 547 g/mol. The molecule has 1 aliphatic rings. The summed E-state index contributed by atoms with van der Waals surface area (Å²) in [6.07, 6.45) is 3.02. The van der Waals surface area contributed by atoms with Crippen LogP contribution in [0.3, 0.4) is 0 Å². The lowest BCUT2D eigenvalue weighted by molar-refractivity contribution is -0.138. The maximum Gasteiger partial charge on any atom is 0.305 e. The van der Waals surface area contributed by atoms with Crippen molar-refractivity contribution in [1.82, 2.24) is 9.47 Å². The van der Waals surface area contributed by atoms with Gasteiger partial charge in [0.2, 0.25) is 0 Å². The van der Waals surface area contributed by atoms with Gasteiger partial charge in [0.25, 0.3) is 0 Å². The fourth-order valence-electron chi connectivity index (χ4n) is 4.58. The van der Waals surface area contributed by atoms with E-state index in [-0.39, 0.29) is 30.8 Å². The van der Waals surface area contributed by atoms with E-state index >= 15 is 0 Å². The normalized spacial score (nSPS) is 14.2. The third-order valence-corrected chi connectivity index (χ3v) is 7.46. The second-order valence-corrected chi connectivity index (χ2v) is 10.3. The van der Waals surface area contributed by atoms with Crippen molar-refractivity contribution in [1.29, 1.82) is 0 Å². The monoisotopic (exact) mass is 546 g/mol. The van der Waals surface area contributed by atoms with Crippen LogP contribution in [-0.2, 0) is 24.3 Å². The minimum atomic E-state index is -0.866. The number of benzene rings is 2. The highest BCUT2D eigenvalue weighted by Gasteiger charge is 2.30. The van der Waals surface area contributed by atoms with Crippen molar-refractivity contribution in [2.24, 2.45) is 5.92 Å². The lowest BCUT2D eigenvalue weighted by Crippen LogP contribution is -2.32. The highest BCUT2D eigenvalue weighted by Crippen LogP contribution is 2.37. The van der Waals surface area contributed by atoms with Gasteiger partial charge in [0.1, 0.15) is 12.4 Å². The van der Waals surface area contributed by atoms with Gasteiger partial charge in [-0.15, -0.1) is 0 Å². The highest BCUT2D eigenvalue weighted by atomic mass is 35.5. The zero-order valence-electron chi connectivity index (χ0n) is 20.7. The Kier molecular flexibility index (Phi) is 8.90.